The van der Waals surface area contributed by atoms with Gasteiger partial charge in [-0.15, -0.1) is 0 Å². The lowest BCUT2D eigenvalue weighted by atomic mass is 10.1. The Morgan fingerprint density at radius 2 is 2.33 bits per heavy atom. The Kier molecular flexibility index (Phi) is 3.05. The first-order chi connectivity index (χ1) is 5.72. The maximum Gasteiger partial charge on any atom is 0.247 e. The fourth-order valence-electron chi connectivity index (χ4n) is 1.02. The number of nitrogens with one attached hydrogen (secondary N) is 1. The Balaban J connectivity index is 2.64. The Hall–Kier alpha value is -1.09. The van der Waals surface area contributed by atoms with Gasteiger partial charge in [0, 0.05) is 18.3 Å². The molecule has 1 unspecified atom stereocenters. The molecule has 0 fully saturated rings. The van der Waals surface area contributed by atoms with Gasteiger partial charge in [-0.25, -0.2) is 0 Å². The van der Waals surface area contributed by atoms with E-state index in [1.807, 2.05) is 6.07 Å². The van der Waals surface area contributed by atoms with Crippen LogP contribution in [0.25, 0.3) is 0 Å². The van der Waals surface area contributed by atoms with Crippen LogP contribution in [0.4, 0.5) is 0 Å². The second-order valence-electron chi connectivity index (χ2n) is 2.93. The van der Waals surface area contributed by atoms with Gasteiger partial charge in [0.15, 0.2) is 0 Å². The lowest BCUT2D eigenvalue weighted by Crippen LogP contribution is -2.21. The van der Waals surface area contributed by atoms with Crippen LogP contribution in [0.15, 0.2) is 23.1 Å². The van der Waals surface area contributed by atoms with Gasteiger partial charge in [0.25, 0.3) is 0 Å². The van der Waals surface area contributed by atoms with E-state index in [2.05, 4.69) is 11.9 Å². The molecular weight excluding hydrogens is 152 g/mol. The summed E-state index contributed by atoms with van der Waals surface area (Å²) >= 11 is 0. The molecule has 0 spiro atoms. The summed E-state index contributed by atoms with van der Waals surface area (Å²) in [7, 11) is 0. The van der Waals surface area contributed by atoms with Crippen LogP contribution in [0.1, 0.15) is 18.9 Å². The van der Waals surface area contributed by atoms with E-state index >= 15 is 0 Å². The molecule has 0 bridgehead atoms. The maximum absolute atomic E-state index is 10.7. The highest BCUT2D eigenvalue weighted by Crippen LogP contribution is 1.99. The third-order valence-corrected chi connectivity index (χ3v) is 1.87. The standard InChI is InChI=1S/C9H14N2O/c1-2-8(10)5-7-3-4-9(12)11-6-7/h3-4,6,8H,2,5,10H2,1H3,(H,11,12). The van der Waals surface area contributed by atoms with Crippen molar-refractivity contribution in [2.75, 3.05) is 0 Å². The van der Waals surface area contributed by atoms with Crippen molar-refractivity contribution in [2.45, 2.75) is 25.8 Å². The van der Waals surface area contributed by atoms with Crippen molar-refractivity contribution in [1.82, 2.24) is 4.98 Å². The SMILES string of the molecule is CCC(N)Cc1ccc(=O)[nH]c1. The van der Waals surface area contributed by atoms with E-state index in [1.54, 1.807) is 6.20 Å². The number of H-pyrrole nitrogens is 1. The van der Waals surface area contributed by atoms with Crippen LogP contribution in [0.2, 0.25) is 0 Å². The summed E-state index contributed by atoms with van der Waals surface area (Å²) in [5.74, 6) is 0. The number of aromatic nitrogens is 1. The predicted octanol–water partition coefficient (Wildman–Crippen LogP) is 0.655. The van der Waals surface area contributed by atoms with Crippen molar-refractivity contribution in [3.05, 3.63) is 34.2 Å². The molecule has 0 amide bonds. The predicted molar refractivity (Wildman–Crippen MR) is 49.0 cm³/mol. The summed E-state index contributed by atoms with van der Waals surface area (Å²) in [5.41, 5.74) is 6.77. The van der Waals surface area contributed by atoms with Crippen LogP contribution in [-0.4, -0.2) is 11.0 Å². The number of aromatic amines is 1. The second kappa shape index (κ2) is 4.07. The summed E-state index contributed by atoms with van der Waals surface area (Å²) < 4.78 is 0. The van der Waals surface area contributed by atoms with Gasteiger partial charge in [0.05, 0.1) is 0 Å². The van der Waals surface area contributed by atoms with Crippen molar-refractivity contribution in [2.24, 2.45) is 5.73 Å². The fraction of sp³-hybridized carbons (Fsp3) is 0.444. The molecule has 1 aromatic rings. The van der Waals surface area contributed by atoms with Crippen LogP contribution in [-0.2, 0) is 6.42 Å². The van der Waals surface area contributed by atoms with Crippen molar-refractivity contribution >= 4 is 0 Å². The molecule has 3 N–H and O–H groups in total. The lowest BCUT2D eigenvalue weighted by Gasteiger charge is -2.07. The van der Waals surface area contributed by atoms with Gasteiger partial charge in [0.2, 0.25) is 5.56 Å². The first-order valence-electron chi connectivity index (χ1n) is 4.15. The molecule has 1 heterocycles. The minimum atomic E-state index is -0.0659. The highest BCUT2D eigenvalue weighted by molar-refractivity contribution is 5.09. The van der Waals surface area contributed by atoms with Gasteiger partial charge in [-0.3, -0.25) is 4.79 Å². The number of rotatable bonds is 3. The molecule has 3 nitrogen and oxygen atoms in total. The normalized spacial score (nSPS) is 12.8. The van der Waals surface area contributed by atoms with Crippen LogP contribution in [0, 0.1) is 0 Å². The van der Waals surface area contributed by atoms with E-state index in [4.69, 9.17) is 5.73 Å². The van der Waals surface area contributed by atoms with Gasteiger partial charge < -0.3 is 10.7 Å². The van der Waals surface area contributed by atoms with Crippen molar-refractivity contribution in [1.29, 1.82) is 0 Å². The second-order valence-corrected chi connectivity index (χ2v) is 2.93. The van der Waals surface area contributed by atoms with E-state index in [0.29, 0.717) is 0 Å². The molecule has 0 saturated carbocycles. The fourth-order valence-corrected chi connectivity index (χ4v) is 1.02. The Labute approximate surface area is 71.6 Å². The molecule has 0 radical (unpaired) electrons. The minimum Gasteiger partial charge on any atom is -0.329 e. The number of hydrogen-bond acceptors (Lipinski definition) is 2. The molecule has 0 aliphatic rings. The molecule has 0 saturated heterocycles. The molecule has 0 aromatic carbocycles. The van der Waals surface area contributed by atoms with E-state index < -0.39 is 0 Å². The van der Waals surface area contributed by atoms with Crippen LogP contribution >= 0.6 is 0 Å². The average molecular weight is 166 g/mol. The number of pyridine rings is 1. The van der Waals surface area contributed by atoms with Crippen molar-refractivity contribution in [3.63, 3.8) is 0 Å². The Bertz CT molecular complexity index is 272. The Morgan fingerprint density at radius 3 is 2.83 bits per heavy atom. The summed E-state index contributed by atoms with van der Waals surface area (Å²) in [6.07, 6.45) is 3.50. The van der Waals surface area contributed by atoms with Crippen LogP contribution in [0.3, 0.4) is 0 Å². The van der Waals surface area contributed by atoms with Gasteiger partial charge >= 0.3 is 0 Å². The zero-order valence-electron chi connectivity index (χ0n) is 7.21. The third-order valence-electron chi connectivity index (χ3n) is 1.87. The quantitative estimate of drug-likeness (QED) is 0.692. The van der Waals surface area contributed by atoms with Gasteiger partial charge in [-0.2, -0.15) is 0 Å². The zero-order chi connectivity index (χ0) is 8.97. The average Bonchev–Trinajstić information content (AvgIpc) is 2.09. The largest absolute Gasteiger partial charge is 0.329 e. The first-order valence-corrected chi connectivity index (χ1v) is 4.15. The molecule has 3 heteroatoms. The van der Waals surface area contributed by atoms with E-state index in [-0.39, 0.29) is 11.6 Å². The highest BCUT2D eigenvalue weighted by atomic mass is 16.1. The van der Waals surface area contributed by atoms with E-state index in [0.717, 1.165) is 18.4 Å². The molecule has 0 aliphatic carbocycles. The molecule has 12 heavy (non-hydrogen) atoms. The first kappa shape index (κ1) is 9.00. The van der Waals surface area contributed by atoms with Crippen LogP contribution < -0.4 is 11.3 Å². The topological polar surface area (TPSA) is 58.9 Å². The summed E-state index contributed by atoms with van der Waals surface area (Å²) in [6.45, 7) is 2.05. The Morgan fingerprint density at radius 1 is 1.58 bits per heavy atom. The molecule has 1 rings (SSSR count). The van der Waals surface area contributed by atoms with Gasteiger partial charge in [0.1, 0.15) is 0 Å². The maximum atomic E-state index is 10.7. The van der Waals surface area contributed by atoms with E-state index in [9.17, 15) is 4.79 Å². The van der Waals surface area contributed by atoms with E-state index in [1.165, 1.54) is 6.07 Å². The molecular formula is C9H14N2O. The molecule has 1 atom stereocenters. The van der Waals surface area contributed by atoms with Gasteiger partial charge in [-0.1, -0.05) is 13.0 Å². The van der Waals surface area contributed by atoms with Crippen molar-refractivity contribution < 1.29 is 0 Å². The molecule has 0 aliphatic heterocycles. The lowest BCUT2D eigenvalue weighted by molar-refractivity contribution is 0.645. The summed E-state index contributed by atoms with van der Waals surface area (Å²) in [6, 6.07) is 3.53. The number of hydrogen-bond donors (Lipinski definition) is 2. The minimum absolute atomic E-state index is 0.0659. The van der Waals surface area contributed by atoms with Crippen molar-refractivity contribution in [3.8, 4) is 0 Å². The third kappa shape index (κ3) is 2.51. The molecule has 1 aromatic heterocycles. The van der Waals surface area contributed by atoms with Crippen LogP contribution in [0.5, 0.6) is 0 Å². The zero-order valence-corrected chi connectivity index (χ0v) is 7.21. The smallest absolute Gasteiger partial charge is 0.247 e. The highest BCUT2D eigenvalue weighted by Gasteiger charge is 2.00. The molecule has 66 valence electrons. The monoisotopic (exact) mass is 166 g/mol. The number of nitrogens with two attached hydrogens (primary N) is 1. The summed E-state index contributed by atoms with van der Waals surface area (Å²) in [4.78, 5) is 13.3. The van der Waals surface area contributed by atoms with Gasteiger partial charge in [-0.05, 0) is 18.4 Å². The summed E-state index contributed by atoms with van der Waals surface area (Å²) in [5, 5.41) is 0.